The molecule has 4 aliphatic rings. The zero-order chi connectivity index (χ0) is 20.0. The summed E-state index contributed by atoms with van der Waals surface area (Å²) < 4.78 is 5.91. The number of rotatable bonds is 5. The molecule has 3 aliphatic carbocycles. The van der Waals surface area contributed by atoms with E-state index in [1.54, 1.807) is 6.21 Å². The van der Waals surface area contributed by atoms with Crippen LogP contribution >= 0.6 is 0 Å². The minimum Gasteiger partial charge on any atom is -0.493 e. The first kappa shape index (κ1) is 18.1. The maximum Gasteiger partial charge on any atom is 0.254 e. The summed E-state index contributed by atoms with van der Waals surface area (Å²) >= 11 is 0. The summed E-state index contributed by atoms with van der Waals surface area (Å²) in [5.41, 5.74) is 0.799. The van der Waals surface area contributed by atoms with E-state index in [0.717, 1.165) is 40.6 Å². The number of carbonyl (C=O) groups excluding carboxylic acids is 2. The maximum absolute atomic E-state index is 13.0. The molecular weight excluding hydrogens is 364 g/mol. The van der Waals surface area contributed by atoms with E-state index in [9.17, 15) is 9.59 Å². The van der Waals surface area contributed by atoms with Gasteiger partial charge in [-0.25, -0.2) is 0 Å². The fourth-order valence-corrected chi connectivity index (χ4v) is 5.03. The zero-order valence-corrected chi connectivity index (χ0v) is 16.5. The lowest BCUT2D eigenvalue weighted by Gasteiger charge is -2.37. The van der Waals surface area contributed by atoms with Gasteiger partial charge in [-0.3, -0.25) is 9.59 Å². The zero-order valence-electron chi connectivity index (χ0n) is 16.5. The van der Waals surface area contributed by atoms with Crippen LogP contribution in [0.15, 0.2) is 53.7 Å². The van der Waals surface area contributed by atoms with Gasteiger partial charge in [0.15, 0.2) is 0 Å². The molecule has 0 radical (unpaired) electrons. The molecule has 0 spiro atoms. The number of carbonyl (C=O) groups is 2. The molecule has 29 heavy (non-hydrogen) atoms. The highest BCUT2D eigenvalue weighted by molar-refractivity contribution is 6.08. The summed E-state index contributed by atoms with van der Waals surface area (Å²) in [5, 5.41) is 7.56. The molecule has 5 heteroatoms. The standard InChI is InChI=1S/C24H24N2O3/c1-2-13-29-20-12-11-15-5-3-4-6-18(15)19(20)14-25-26-23(27)21-16-7-8-17(10-9-16)22(21)24(26)28/h3-8,11-12,14,16-17,21-22H,2,9-10,13H2,1H3/b25-14-/t16-,17-,21+,22+/m0/s1. The molecular formula is C24H24N2O3. The number of imide groups is 1. The molecule has 1 saturated heterocycles. The summed E-state index contributed by atoms with van der Waals surface area (Å²) in [6, 6.07) is 11.9. The van der Waals surface area contributed by atoms with Crippen molar-refractivity contribution in [2.45, 2.75) is 26.2 Å². The number of hydrogen-bond acceptors (Lipinski definition) is 4. The van der Waals surface area contributed by atoms with Crippen LogP contribution in [0, 0.1) is 23.7 Å². The number of amides is 2. The number of fused-ring (bicyclic) bond motifs is 2. The van der Waals surface area contributed by atoms with Crippen LogP contribution in [0.1, 0.15) is 31.7 Å². The Balaban J connectivity index is 1.51. The van der Waals surface area contributed by atoms with Gasteiger partial charge in [0.1, 0.15) is 5.75 Å². The summed E-state index contributed by atoms with van der Waals surface area (Å²) in [6.07, 6.45) is 8.72. The second-order valence-corrected chi connectivity index (χ2v) is 8.12. The Labute approximate surface area is 170 Å². The fourth-order valence-electron chi connectivity index (χ4n) is 5.03. The highest BCUT2D eigenvalue weighted by Crippen LogP contribution is 2.49. The summed E-state index contributed by atoms with van der Waals surface area (Å²) in [6.45, 7) is 2.65. The van der Waals surface area contributed by atoms with Crippen molar-refractivity contribution in [1.82, 2.24) is 5.01 Å². The Morgan fingerprint density at radius 3 is 2.38 bits per heavy atom. The van der Waals surface area contributed by atoms with E-state index in [0.29, 0.717) is 12.4 Å². The largest absolute Gasteiger partial charge is 0.493 e. The molecule has 4 atom stereocenters. The first-order valence-corrected chi connectivity index (χ1v) is 10.4. The molecule has 0 N–H and O–H groups in total. The maximum atomic E-state index is 13.0. The highest BCUT2D eigenvalue weighted by atomic mass is 16.5. The van der Waals surface area contributed by atoms with E-state index in [4.69, 9.17) is 4.74 Å². The Hall–Kier alpha value is -2.95. The molecule has 5 nitrogen and oxygen atoms in total. The summed E-state index contributed by atoms with van der Waals surface area (Å²) in [5.74, 6) is 0.245. The Morgan fingerprint density at radius 2 is 1.72 bits per heavy atom. The van der Waals surface area contributed by atoms with Gasteiger partial charge in [-0.1, -0.05) is 49.4 Å². The molecule has 1 saturated carbocycles. The number of benzene rings is 2. The topological polar surface area (TPSA) is 59.0 Å². The van der Waals surface area contributed by atoms with Crippen LogP contribution in [0.4, 0.5) is 0 Å². The molecule has 2 amide bonds. The number of nitrogens with zero attached hydrogens (tertiary/aromatic N) is 2. The van der Waals surface area contributed by atoms with Crippen molar-refractivity contribution < 1.29 is 14.3 Å². The van der Waals surface area contributed by atoms with Crippen LogP contribution in [0.2, 0.25) is 0 Å². The number of hydrazone groups is 1. The number of allylic oxidation sites excluding steroid dienone is 2. The van der Waals surface area contributed by atoms with Crippen LogP contribution in [0.3, 0.4) is 0 Å². The van der Waals surface area contributed by atoms with Gasteiger partial charge < -0.3 is 4.74 Å². The SMILES string of the molecule is CCCOc1ccc2ccccc2c1/C=N\N1C(=O)[C@H]2[C@H](C1=O)[C@H]1C=C[C@H]2CC1. The van der Waals surface area contributed by atoms with Gasteiger partial charge in [0.25, 0.3) is 11.8 Å². The lowest BCUT2D eigenvalue weighted by atomic mass is 9.63. The molecule has 148 valence electrons. The molecule has 6 rings (SSSR count). The Kier molecular flexibility index (Phi) is 4.46. The van der Waals surface area contributed by atoms with E-state index in [2.05, 4.69) is 24.2 Å². The predicted molar refractivity (Wildman–Crippen MR) is 112 cm³/mol. The molecule has 1 aliphatic heterocycles. The molecule has 0 aromatic heterocycles. The van der Waals surface area contributed by atoms with Crippen molar-refractivity contribution in [2.75, 3.05) is 6.61 Å². The minimum atomic E-state index is -0.244. The molecule has 2 aromatic carbocycles. The lowest BCUT2D eigenvalue weighted by Crippen LogP contribution is -2.38. The third-order valence-electron chi connectivity index (χ3n) is 6.43. The van der Waals surface area contributed by atoms with Crippen molar-refractivity contribution >= 4 is 28.8 Å². The first-order valence-electron chi connectivity index (χ1n) is 10.4. The third-order valence-corrected chi connectivity index (χ3v) is 6.43. The van der Waals surface area contributed by atoms with Crippen molar-refractivity contribution in [1.29, 1.82) is 0 Å². The normalized spacial score (nSPS) is 28.0. The van der Waals surface area contributed by atoms with Crippen molar-refractivity contribution in [3.05, 3.63) is 54.1 Å². The quantitative estimate of drug-likeness (QED) is 0.439. The van der Waals surface area contributed by atoms with Gasteiger partial charge in [0.05, 0.1) is 24.7 Å². The highest BCUT2D eigenvalue weighted by Gasteiger charge is 2.56. The third kappa shape index (κ3) is 2.87. The summed E-state index contributed by atoms with van der Waals surface area (Å²) in [7, 11) is 0. The molecule has 2 aromatic rings. The van der Waals surface area contributed by atoms with Crippen LogP contribution in [0.5, 0.6) is 5.75 Å². The van der Waals surface area contributed by atoms with Crippen LogP contribution in [-0.2, 0) is 9.59 Å². The van der Waals surface area contributed by atoms with E-state index in [1.165, 1.54) is 0 Å². The summed E-state index contributed by atoms with van der Waals surface area (Å²) in [4.78, 5) is 26.0. The van der Waals surface area contributed by atoms with Crippen LogP contribution < -0.4 is 4.74 Å². The fraction of sp³-hybridized carbons (Fsp3) is 0.375. The first-order chi connectivity index (χ1) is 14.2. The predicted octanol–water partition coefficient (Wildman–Crippen LogP) is 4.16. The van der Waals surface area contributed by atoms with E-state index >= 15 is 0 Å². The Morgan fingerprint density at radius 1 is 1.03 bits per heavy atom. The molecule has 2 bridgehead atoms. The number of hydrogen-bond donors (Lipinski definition) is 0. The van der Waals surface area contributed by atoms with Gasteiger partial charge in [-0.2, -0.15) is 10.1 Å². The van der Waals surface area contributed by atoms with Gasteiger partial charge in [0.2, 0.25) is 0 Å². The average molecular weight is 388 g/mol. The van der Waals surface area contributed by atoms with Gasteiger partial charge in [0, 0.05) is 5.56 Å². The smallest absolute Gasteiger partial charge is 0.254 e. The van der Waals surface area contributed by atoms with Crippen molar-refractivity contribution in [3.63, 3.8) is 0 Å². The lowest BCUT2D eigenvalue weighted by molar-refractivity contribution is -0.140. The van der Waals surface area contributed by atoms with E-state index in [-0.39, 0.29) is 35.5 Å². The van der Waals surface area contributed by atoms with Crippen LogP contribution in [0.25, 0.3) is 10.8 Å². The molecule has 0 unspecified atom stereocenters. The van der Waals surface area contributed by atoms with E-state index in [1.807, 2.05) is 36.4 Å². The van der Waals surface area contributed by atoms with Gasteiger partial charge in [-0.15, -0.1) is 0 Å². The van der Waals surface area contributed by atoms with Gasteiger partial charge >= 0.3 is 0 Å². The Bertz CT molecular complexity index is 1010. The van der Waals surface area contributed by atoms with Crippen molar-refractivity contribution in [2.24, 2.45) is 28.8 Å². The average Bonchev–Trinajstić information content (AvgIpc) is 3.04. The van der Waals surface area contributed by atoms with Crippen LogP contribution in [-0.4, -0.2) is 29.6 Å². The second kappa shape index (κ2) is 7.14. The van der Waals surface area contributed by atoms with Crippen molar-refractivity contribution in [3.8, 4) is 5.75 Å². The second-order valence-electron chi connectivity index (χ2n) is 8.12. The van der Waals surface area contributed by atoms with Gasteiger partial charge in [-0.05, 0) is 47.9 Å². The minimum absolute atomic E-state index is 0.161. The number of ether oxygens (including phenoxy) is 1. The monoisotopic (exact) mass is 388 g/mol. The molecule has 1 heterocycles. The van der Waals surface area contributed by atoms with E-state index < -0.39 is 0 Å². The molecule has 2 fully saturated rings.